The summed E-state index contributed by atoms with van der Waals surface area (Å²) in [5.41, 5.74) is 4.29. The van der Waals surface area contributed by atoms with E-state index in [2.05, 4.69) is 41.9 Å². The number of rotatable bonds is 6. The summed E-state index contributed by atoms with van der Waals surface area (Å²) in [6.07, 6.45) is 2.82. The predicted octanol–water partition coefficient (Wildman–Crippen LogP) is 6.21. The molecule has 2 aromatic rings. The van der Waals surface area contributed by atoms with E-state index in [4.69, 9.17) is 4.74 Å². The first kappa shape index (κ1) is 19.9. The Morgan fingerprint density at radius 2 is 2.00 bits per heavy atom. The Bertz CT molecular complexity index is 748. The summed E-state index contributed by atoms with van der Waals surface area (Å²) < 4.78 is 7.02. The molecule has 2 rings (SSSR count). The molecule has 0 bridgehead atoms. The number of halogens is 1. The van der Waals surface area contributed by atoms with Crippen molar-refractivity contribution in [2.75, 3.05) is 17.7 Å². The van der Waals surface area contributed by atoms with Crippen LogP contribution < -0.4 is 9.64 Å². The number of anilines is 1. The van der Waals surface area contributed by atoms with E-state index in [0.717, 1.165) is 33.5 Å². The van der Waals surface area contributed by atoms with Gasteiger partial charge in [0.1, 0.15) is 12.4 Å². The van der Waals surface area contributed by atoms with E-state index in [9.17, 15) is 4.79 Å². The van der Waals surface area contributed by atoms with Gasteiger partial charge < -0.3 is 9.64 Å². The molecule has 25 heavy (non-hydrogen) atoms. The minimum Gasteiger partial charge on any atom is -0.489 e. The van der Waals surface area contributed by atoms with Gasteiger partial charge in [-0.25, -0.2) is 0 Å². The predicted molar refractivity (Wildman–Crippen MR) is 111 cm³/mol. The topological polar surface area (TPSA) is 29.5 Å². The quantitative estimate of drug-likeness (QED) is 0.555. The van der Waals surface area contributed by atoms with Crippen LogP contribution in [0.5, 0.6) is 5.75 Å². The lowest BCUT2D eigenvalue weighted by atomic mass is 10.1. The van der Waals surface area contributed by atoms with Crippen molar-refractivity contribution in [3.05, 3.63) is 57.6 Å². The molecule has 5 heteroatoms. The van der Waals surface area contributed by atoms with Crippen molar-refractivity contribution in [2.45, 2.75) is 33.8 Å². The summed E-state index contributed by atoms with van der Waals surface area (Å²) in [5, 5.41) is 0.0327. The summed E-state index contributed by atoms with van der Waals surface area (Å²) in [4.78, 5) is 14.0. The third-order valence-electron chi connectivity index (χ3n) is 4.12. The number of thioether (sulfide) groups is 1. The van der Waals surface area contributed by atoms with Gasteiger partial charge in [-0.3, -0.25) is 4.79 Å². The average Bonchev–Trinajstić information content (AvgIpc) is 2.62. The molecule has 0 aliphatic heterocycles. The number of aryl methyl sites for hydroxylation is 2. The molecule has 0 N–H and O–H groups in total. The van der Waals surface area contributed by atoms with E-state index in [0.29, 0.717) is 13.2 Å². The average molecular weight is 422 g/mol. The Kier molecular flexibility index (Phi) is 7.38. The summed E-state index contributed by atoms with van der Waals surface area (Å²) in [6, 6.07) is 12.2. The van der Waals surface area contributed by atoms with Gasteiger partial charge in [-0.05, 0) is 55.9 Å². The third kappa shape index (κ3) is 4.79. The SMILES string of the molecule is CCc1ccc(OCc2c(Br)cccc2N(CC)C(=O)SC)c(C)c1. The standard InChI is InChI=1S/C20H24BrNO2S/c1-5-15-10-11-19(14(3)12-15)24-13-16-17(21)8-7-9-18(16)22(6-2)20(23)25-4/h7-12H,5-6,13H2,1-4H3. The second-order valence-electron chi connectivity index (χ2n) is 5.69. The first-order valence-corrected chi connectivity index (χ1v) is 10.4. The molecule has 0 heterocycles. The maximum absolute atomic E-state index is 12.2. The van der Waals surface area contributed by atoms with Gasteiger partial charge in [-0.2, -0.15) is 0 Å². The number of carbonyl (C=O) groups is 1. The van der Waals surface area contributed by atoms with Crippen LogP contribution in [-0.2, 0) is 13.0 Å². The van der Waals surface area contributed by atoms with Gasteiger partial charge >= 0.3 is 0 Å². The van der Waals surface area contributed by atoms with Crippen molar-refractivity contribution in [3.63, 3.8) is 0 Å². The molecule has 1 amide bonds. The van der Waals surface area contributed by atoms with Crippen molar-refractivity contribution >= 4 is 38.6 Å². The fraction of sp³-hybridized carbons (Fsp3) is 0.350. The highest BCUT2D eigenvalue weighted by atomic mass is 79.9. The van der Waals surface area contributed by atoms with Gasteiger partial charge in [-0.1, -0.05) is 52.8 Å². The van der Waals surface area contributed by atoms with Gasteiger partial charge in [-0.15, -0.1) is 0 Å². The van der Waals surface area contributed by atoms with Crippen LogP contribution in [0.1, 0.15) is 30.5 Å². The van der Waals surface area contributed by atoms with Gasteiger partial charge in [0.25, 0.3) is 5.24 Å². The second kappa shape index (κ2) is 9.30. The van der Waals surface area contributed by atoms with E-state index in [-0.39, 0.29) is 5.24 Å². The number of hydrogen-bond acceptors (Lipinski definition) is 3. The van der Waals surface area contributed by atoms with Crippen molar-refractivity contribution in [3.8, 4) is 5.75 Å². The molecule has 0 aliphatic rings. The molecule has 0 aliphatic carbocycles. The monoisotopic (exact) mass is 421 g/mol. The molecule has 0 saturated heterocycles. The van der Waals surface area contributed by atoms with Crippen LogP contribution in [0.3, 0.4) is 0 Å². The zero-order valence-corrected chi connectivity index (χ0v) is 17.5. The van der Waals surface area contributed by atoms with E-state index < -0.39 is 0 Å². The maximum Gasteiger partial charge on any atom is 0.285 e. The van der Waals surface area contributed by atoms with E-state index >= 15 is 0 Å². The number of ether oxygens (including phenoxy) is 1. The summed E-state index contributed by atoms with van der Waals surface area (Å²) in [7, 11) is 0. The number of benzene rings is 2. The van der Waals surface area contributed by atoms with Gasteiger partial charge in [0.2, 0.25) is 0 Å². The Hall–Kier alpha value is -1.46. The van der Waals surface area contributed by atoms with E-state index in [1.807, 2.05) is 31.2 Å². The molecule has 0 fully saturated rings. The second-order valence-corrected chi connectivity index (χ2v) is 7.31. The zero-order chi connectivity index (χ0) is 18.4. The summed E-state index contributed by atoms with van der Waals surface area (Å²) in [6.45, 7) is 7.21. The molecule has 0 aromatic heterocycles. The van der Waals surface area contributed by atoms with Crippen molar-refractivity contribution in [1.82, 2.24) is 0 Å². The molecule has 0 saturated carbocycles. The fourth-order valence-corrected chi connectivity index (χ4v) is 3.61. The first-order valence-electron chi connectivity index (χ1n) is 8.37. The van der Waals surface area contributed by atoms with Crippen LogP contribution in [-0.4, -0.2) is 18.0 Å². The maximum atomic E-state index is 12.2. The number of nitrogens with zero attached hydrogens (tertiary/aromatic N) is 1. The van der Waals surface area contributed by atoms with Crippen molar-refractivity contribution in [1.29, 1.82) is 0 Å². The van der Waals surface area contributed by atoms with E-state index in [1.165, 1.54) is 17.3 Å². The van der Waals surface area contributed by atoms with Gasteiger partial charge in [0, 0.05) is 16.6 Å². The molecule has 0 radical (unpaired) electrons. The van der Waals surface area contributed by atoms with Crippen LogP contribution in [0.4, 0.5) is 10.5 Å². The van der Waals surface area contributed by atoms with Crippen LogP contribution in [0.2, 0.25) is 0 Å². The van der Waals surface area contributed by atoms with Crippen molar-refractivity contribution < 1.29 is 9.53 Å². The normalized spacial score (nSPS) is 10.6. The highest BCUT2D eigenvalue weighted by Gasteiger charge is 2.18. The minimum absolute atomic E-state index is 0.0327. The first-order chi connectivity index (χ1) is 12.0. The fourth-order valence-electron chi connectivity index (χ4n) is 2.69. The zero-order valence-electron chi connectivity index (χ0n) is 15.1. The number of hydrogen-bond donors (Lipinski definition) is 0. The van der Waals surface area contributed by atoms with Crippen LogP contribution in [0.25, 0.3) is 0 Å². The Balaban J connectivity index is 2.29. The molecule has 0 unspecified atom stereocenters. The molecule has 0 atom stereocenters. The highest BCUT2D eigenvalue weighted by molar-refractivity contribution is 9.10. The van der Waals surface area contributed by atoms with Crippen LogP contribution in [0, 0.1) is 6.92 Å². The van der Waals surface area contributed by atoms with Gasteiger partial charge in [0.05, 0.1) is 5.69 Å². The Morgan fingerprint density at radius 1 is 1.24 bits per heavy atom. The number of carbonyl (C=O) groups excluding carboxylic acids is 1. The summed E-state index contributed by atoms with van der Waals surface area (Å²) >= 11 is 4.82. The van der Waals surface area contributed by atoms with Crippen molar-refractivity contribution in [2.24, 2.45) is 0 Å². The van der Waals surface area contributed by atoms with Crippen LogP contribution >= 0.6 is 27.7 Å². The molecular formula is C20H24BrNO2S. The molecule has 3 nitrogen and oxygen atoms in total. The minimum atomic E-state index is 0.0327. The molecule has 2 aromatic carbocycles. The molecule has 0 spiro atoms. The molecular weight excluding hydrogens is 398 g/mol. The number of amides is 1. The Labute approximate surface area is 162 Å². The Morgan fingerprint density at radius 3 is 2.60 bits per heavy atom. The van der Waals surface area contributed by atoms with Gasteiger partial charge in [0.15, 0.2) is 0 Å². The lowest BCUT2D eigenvalue weighted by molar-refractivity contribution is 0.265. The highest BCUT2D eigenvalue weighted by Crippen LogP contribution is 2.31. The smallest absolute Gasteiger partial charge is 0.285 e. The third-order valence-corrected chi connectivity index (χ3v) is 5.43. The lowest BCUT2D eigenvalue weighted by Gasteiger charge is -2.24. The molecule has 134 valence electrons. The van der Waals surface area contributed by atoms with Crippen LogP contribution in [0.15, 0.2) is 40.9 Å². The van der Waals surface area contributed by atoms with E-state index in [1.54, 1.807) is 11.2 Å². The largest absolute Gasteiger partial charge is 0.489 e. The summed E-state index contributed by atoms with van der Waals surface area (Å²) in [5.74, 6) is 0.873. The lowest BCUT2D eigenvalue weighted by Crippen LogP contribution is -2.28.